The van der Waals surface area contributed by atoms with Gasteiger partial charge in [0.15, 0.2) is 0 Å². The Labute approximate surface area is 108 Å². The molecule has 0 atom stereocenters. The van der Waals surface area contributed by atoms with Crippen LogP contribution in [0.2, 0.25) is 0 Å². The first kappa shape index (κ1) is 12.2. The second kappa shape index (κ2) is 4.75. The molecule has 3 heteroatoms. The molecule has 0 bridgehead atoms. The van der Waals surface area contributed by atoms with E-state index in [2.05, 4.69) is 0 Å². The van der Waals surface area contributed by atoms with Crippen molar-refractivity contribution in [1.82, 2.24) is 0 Å². The molecular weight excluding hydrogens is 377 g/mol. The van der Waals surface area contributed by atoms with Gasteiger partial charge in [0.25, 0.3) is 0 Å². The Morgan fingerprint density at radius 1 is 1.07 bits per heavy atom. The standard InChI is InChI=1S/C12H10O2.Hg/c1-8-4-2-6-10-9(8)5-3-7-11(10)12(13)14;/h2-7H,1H3,(H,13,14);/q;+1/p-1. The van der Waals surface area contributed by atoms with Crippen molar-refractivity contribution in [3.63, 3.8) is 0 Å². The maximum Gasteiger partial charge on any atom is 1.00 e. The molecule has 2 aromatic rings. The summed E-state index contributed by atoms with van der Waals surface area (Å²) in [6.07, 6.45) is 0. The number of hydrogen-bond donors (Lipinski definition) is 0. The summed E-state index contributed by atoms with van der Waals surface area (Å²) in [5.74, 6) is -1.12. The number of carbonyl (C=O) groups is 1. The van der Waals surface area contributed by atoms with E-state index in [9.17, 15) is 9.90 Å². The summed E-state index contributed by atoms with van der Waals surface area (Å²) in [5.41, 5.74) is 1.33. The number of fused-ring (bicyclic) bond motifs is 1. The van der Waals surface area contributed by atoms with E-state index in [-0.39, 0.29) is 33.2 Å². The van der Waals surface area contributed by atoms with Gasteiger partial charge in [-0.25, -0.2) is 0 Å². The summed E-state index contributed by atoms with van der Waals surface area (Å²) in [5, 5.41) is 12.5. The van der Waals surface area contributed by atoms with E-state index < -0.39 is 5.97 Å². The van der Waals surface area contributed by atoms with Crippen LogP contribution in [0, 0.1) is 6.92 Å². The quantitative estimate of drug-likeness (QED) is 0.698. The van der Waals surface area contributed by atoms with Crippen molar-refractivity contribution < 1.29 is 37.6 Å². The van der Waals surface area contributed by atoms with Gasteiger partial charge in [0.2, 0.25) is 0 Å². The van der Waals surface area contributed by atoms with Gasteiger partial charge in [-0.05, 0) is 23.3 Å². The van der Waals surface area contributed by atoms with Gasteiger partial charge in [-0.1, -0.05) is 36.4 Å². The fourth-order valence-electron chi connectivity index (χ4n) is 1.65. The molecule has 1 radical (unpaired) electrons. The Morgan fingerprint density at radius 3 is 2.33 bits per heavy atom. The van der Waals surface area contributed by atoms with Gasteiger partial charge >= 0.3 is 27.7 Å². The number of carbonyl (C=O) groups excluding carboxylic acids is 1. The zero-order valence-corrected chi connectivity index (χ0v) is 14.0. The van der Waals surface area contributed by atoms with Crippen LogP contribution in [0.25, 0.3) is 10.8 Å². The Kier molecular flexibility index (Phi) is 3.86. The van der Waals surface area contributed by atoms with Gasteiger partial charge in [-0.15, -0.1) is 0 Å². The molecule has 0 fully saturated rings. The molecule has 2 aromatic carbocycles. The maximum absolute atomic E-state index is 10.8. The van der Waals surface area contributed by atoms with Crippen LogP contribution < -0.4 is 5.11 Å². The SMILES string of the molecule is Cc1cccc2c(C(=O)[O-])cccc12.[Hg+]. The van der Waals surface area contributed by atoms with Crippen LogP contribution in [-0.2, 0) is 27.7 Å². The number of aromatic carboxylic acids is 1. The number of aryl methyl sites for hydroxylation is 1. The number of benzene rings is 2. The molecule has 0 spiro atoms. The van der Waals surface area contributed by atoms with Crippen molar-refractivity contribution >= 4 is 16.7 Å². The van der Waals surface area contributed by atoms with E-state index in [0.717, 1.165) is 16.3 Å². The minimum Gasteiger partial charge on any atom is -0.545 e. The van der Waals surface area contributed by atoms with Crippen LogP contribution in [0.4, 0.5) is 0 Å². The van der Waals surface area contributed by atoms with E-state index in [0.29, 0.717) is 0 Å². The largest absolute Gasteiger partial charge is 1.00 e. The number of carboxylic acid groups (broad SMARTS) is 1. The van der Waals surface area contributed by atoms with Gasteiger partial charge in [0.1, 0.15) is 0 Å². The van der Waals surface area contributed by atoms with Gasteiger partial charge in [0.05, 0.1) is 5.97 Å². The summed E-state index contributed by atoms with van der Waals surface area (Å²) < 4.78 is 0. The Bertz CT molecular complexity index is 506. The van der Waals surface area contributed by atoms with Gasteiger partial charge in [-0.3, -0.25) is 0 Å². The average Bonchev–Trinajstić information content (AvgIpc) is 2.17. The topological polar surface area (TPSA) is 40.1 Å². The molecule has 0 saturated carbocycles. The monoisotopic (exact) mass is 387 g/mol. The van der Waals surface area contributed by atoms with Crippen LogP contribution in [0.5, 0.6) is 0 Å². The molecule has 0 N–H and O–H groups in total. The fraction of sp³-hybridized carbons (Fsp3) is 0.0833. The van der Waals surface area contributed by atoms with Crippen LogP contribution in [0.3, 0.4) is 0 Å². The Balaban J connectivity index is 0.00000112. The Hall–Kier alpha value is -0.895. The third-order valence-electron chi connectivity index (χ3n) is 2.36. The molecule has 0 aliphatic carbocycles. The molecule has 2 rings (SSSR count). The number of rotatable bonds is 1. The summed E-state index contributed by atoms with van der Waals surface area (Å²) in [6, 6.07) is 10.8. The third kappa shape index (κ3) is 2.20. The van der Waals surface area contributed by atoms with Crippen LogP contribution >= 0.6 is 0 Å². The van der Waals surface area contributed by atoms with Crippen molar-refractivity contribution in [2.24, 2.45) is 0 Å². The van der Waals surface area contributed by atoms with Gasteiger partial charge < -0.3 is 9.90 Å². The first-order chi connectivity index (χ1) is 6.70. The van der Waals surface area contributed by atoms with Crippen molar-refractivity contribution in [1.29, 1.82) is 0 Å². The molecule has 2 nitrogen and oxygen atoms in total. The average molecular weight is 386 g/mol. The van der Waals surface area contributed by atoms with E-state index in [4.69, 9.17) is 0 Å². The van der Waals surface area contributed by atoms with Crippen LogP contribution in [0.1, 0.15) is 15.9 Å². The van der Waals surface area contributed by atoms with Crippen molar-refractivity contribution in [3.8, 4) is 0 Å². The molecule has 0 unspecified atom stereocenters. The third-order valence-corrected chi connectivity index (χ3v) is 2.36. The molecule has 15 heavy (non-hydrogen) atoms. The second-order valence-corrected chi connectivity index (χ2v) is 3.26. The van der Waals surface area contributed by atoms with Crippen molar-refractivity contribution in [3.05, 3.63) is 47.5 Å². The van der Waals surface area contributed by atoms with E-state index in [1.165, 1.54) is 0 Å². The molecule has 0 aliphatic rings. The van der Waals surface area contributed by atoms with Gasteiger partial charge in [0, 0.05) is 5.56 Å². The van der Waals surface area contributed by atoms with Gasteiger partial charge in [-0.2, -0.15) is 0 Å². The van der Waals surface area contributed by atoms with Crippen LogP contribution in [0.15, 0.2) is 36.4 Å². The molecule has 71 valence electrons. The zero-order valence-electron chi connectivity index (χ0n) is 8.49. The van der Waals surface area contributed by atoms with Crippen LogP contribution in [-0.4, -0.2) is 5.97 Å². The first-order valence-electron chi connectivity index (χ1n) is 4.40. The molecular formula is C12H9HgO2. The molecule has 0 saturated heterocycles. The molecule has 0 heterocycles. The first-order valence-corrected chi connectivity index (χ1v) is 4.40. The predicted molar refractivity (Wildman–Crippen MR) is 53.0 cm³/mol. The zero-order chi connectivity index (χ0) is 10.1. The van der Waals surface area contributed by atoms with Crippen molar-refractivity contribution in [2.75, 3.05) is 0 Å². The smallest absolute Gasteiger partial charge is 0.545 e. The van der Waals surface area contributed by atoms with Crippen molar-refractivity contribution in [2.45, 2.75) is 6.92 Å². The summed E-state index contributed by atoms with van der Waals surface area (Å²) >= 11 is 0. The Morgan fingerprint density at radius 2 is 1.67 bits per heavy atom. The van der Waals surface area contributed by atoms with E-state index in [1.807, 2.05) is 25.1 Å². The molecule has 0 amide bonds. The number of carboxylic acids is 1. The minimum atomic E-state index is -1.12. The summed E-state index contributed by atoms with van der Waals surface area (Å²) in [7, 11) is 0. The number of hydrogen-bond acceptors (Lipinski definition) is 2. The minimum absolute atomic E-state index is 0. The molecule has 0 aliphatic heterocycles. The fourth-order valence-corrected chi connectivity index (χ4v) is 1.65. The summed E-state index contributed by atoms with van der Waals surface area (Å²) in [4.78, 5) is 10.8. The molecule has 0 aromatic heterocycles. The predicted octanol–water partition coefficient (Wildman–Crippen LogP) is 1.51. The maximum atomic E-state index is 10.8. The van der Waals surface area contributed by atoms with E-state index >= 15 is 0 Å². The summed E-state index contributed by atoms with van der Waals surface area (Å²) in [6.45, 7) is 1.96. The second-order valence-electron chi connectivity index (χ2n) is 3.26. The normalized spacial score (nSPS) is 9.67. The van der Waals surface area contributed by atoms with E-state index in [1.54, 1.807) is 18.2 Å².